The van der Waals surface area contributed by atoms with Gasteiger partial charge in [-0.25, -0.2) is 0 Å². The summed E-state index contributed by atoms with van der Waals surface area (Å²) in [7, 11) is 0. The summed E-state index contributed by atoms with van der Waals surface area (Å²) in [4.78, 5) is 2.49. The van der Waals surface area contributed by atoms with Crippen LogP contribution < -0.4 is 4.90 Å². The molecule has 0 saturated carbocycles. The van der Waals surface area contributed by atoms with Crippen molar-refractivity contribution < 1.29 is 0 Å². The largest absolute Gasteiger partial charge is 0.309 e. The Morgan fingerprint density at radius 1 is 0.323 bits per heavy atom. The van der Waals surface area contributed by atoms with Crippen molar-refractivity contribution in [2.24, 2.45) is 0 Å². The highest BCUT2D eigenvalue weighted by molar-refractivity contribution is 7.26. The van der Waals surface area contributed by atoms with E-state index in [0.717, 1.165) is 22.7 Å². The number of thiophene rings is 1. The lowest BCUT2D eigenvalue weighted by Crippen LogP contribution is -2.11. The van der Waals surface area contributed by atoms with E-state index in [1.807, 2.05) is 11.3 Å². The summed E-state index contributed by atoms with van der Waals surface area (Å²) in [6.45, 7) is 0. The summed E-state index contributed by atoms with van der Waals surface area (Å²) in [6.07, 6.45) is 0. The lowest BCUT2D eigenvalue weighted by atomic mass is 10.0. The average Bonchev–Trinajstić information content (AvgIpc) is 4.00. The predicted octanol–water partition coefficient (Wildman–Crippen LogP) is 16.5. The summed E-state index contributed by atoms with van der Waals surface area (Å²) >= 11 is 1.86. The number of hydrogen-bond donors (Lipinski definition) is 0. The maximum atomic E-state index is 2.49. The van der Waals surface area contributed by atoms with Gasteiger partial charge >= 0.3 is 0 Å². The van der Waals surface area contributed by atoms with Crippen LogP contribution in [0.25, 0.3) is 97.1 Å². The SMILES string of the molecule is c1ccc(-n2c3ccccc3c3c(N(c4ccc(-c5ccc(-n6c7ccccc7c7cc8ccccc8cc76)cc5)cc4)c4cccc5sc6ccccc6c45)cccc32)cc1. The lowest BCUT2D eigenvalue weighted by molar-refractivity contribution is 1.18. The zero-order valence-electron chi connectivity index (χ0n) is 33.6. The van der Waals surface area contributed by atoms with E-state index in [2.05, 4.69) is 238 Å². The van der Waals surface area contributed by atoms with Crippen molar-refractivity contribution in [2.45, 2.75) is 0 Å². The van der Waals surface area contributed by atoms with E-state index in [0.29, 0.717) is 0 Å². The maximum absolute atomic E-state index is 2.49. The molecule has 0 bridgehead atoms. The van der Waals surface area contributed by atoms with Gasteiger partial charge in [0, 0.05) is 58.8 Å². The Hall–Kier alpha value is -7.92. The zero-order chi connectivity index (χ0) is 40.7. The van der Waals surface area contributed by atoms with Gasteiger partial charge in [0.15, 0.2) is 0 Å². The van der Waals surface area contributed by atoms with Crippen LogP contribution in [0.15, 0.2) is 224 Å². The normalized spacial score (nSPS) is 11.9. The Balaban J connectivity index is 0.969. The van der Waals surface area contributed by atoms with Gasteiger partial charge in [-0.15, -0.1) is 11.3 Å². The first kappa shape index (κ1) is 34.9. The van der Waals surface area contributed by atoms with Gasteiger partial charge in [-0.05, 0) is 113 Å². The van der Waals surface area contributed by atoms with Gasteiger partial charge in [0.2, 0.25) is 0 Å². The molecule has 0 aliphatic carbocycles. The van der Waals surface area contributed by atoms with E-state index < -0.39 is 0 Å². The molecule has 0 unspecified atom stereocenters. The first-order valence-electron chi connectivity index (χ1n) is 21.2. The van der Waals surface area contributed by atoms with Gasteiger partial charge in [0.1, 0.15) is 0 Å². The average molecular weight is 808 g/mol. The second kappa shape index (κ2) is 13.8. The smallest absolute Gasteiger partial charge is 0.0562 e. The van der Waals surface area contributed by atoms with E-state index in [1.54, 1.807) is 0 Å². The van der Waals surface area contributed by atoms with Crippen LogP contribution in [-0.2, 0) is 0 Å². The minimum Gasteiger partial charge on any atom is -0.309 e. The van der Waals surface area contributed by atoms with E-state index in [4.69, 9.17) is 0 Å². The summed E-state index contributed by atoms with van der Waals surface area (Å²) in [6, 6.07) is 82.2. The fourth-order valence-corrected chi connectivity index (χ4v) is 11.1. The minimum absolute atomic E-state index is 1.11. The number of benzene rings is 10. The van der Waals surface area contributed by atoms with Gasteiger partial charge < -0.3 is 14.0 Å². The van der Waals surface area contributed by atoms with Crippen LogP contribution in [0, 0.1) is 0 Å². The van der Waals surface area contributed by atoms with Crippen LogP contribution in [-0.4, -0.2) is 9.13 Å². The second-order valence-electron chi connectivity index (χ2n) is 16.1. The molecule has 0 atom stereocenters. The standard InChI is InChI=1S/C58H37N3S/c1-2-16-42(17-3-1)59-50-22-10-7-19-46(50)57-51(59)23-12-24-52(57)61(53-25-13-27-56-58(53)47-20-8-11-26-55(47)62-56)44-34-30-39(31-35-44)38-28-32-43(33-29-38)60-49-21-9-6-18-45(49)48-36-40-14-4-5-15-41(40)37-54(48)60/h1-37H. The number of hydrogen-bond acceptors (Lipinski definition) is 2. The molecule has 290 valence electrons. The summed E-state index contributed by atoms with van der Waals surface area (Å²) in [5.74, 6) is 0. The highest BCUT2D eigenvalue weighted by Gasteiger charge is 2.24. The van der Waals surface area contributed by atoms with E-state index >= 15 is 0 Å². The van der Waals surface area contributed by atoms with Crippen molar-refractivity contribution in [1.82, 2.24) is 9.13 Å². The first-order chi connectivity index (χ1) is 30.8. The zero-order valence-corrected chi connectivity index (χ0v) is 34.4. The van der Waals surface area contributed by atoms with Crippen LogP contribution in [0.3, 0.4) is 0 Å². The van der Waals surface area contributed by atoms with Gasteiger partial charge in [-0.3, -0.25) is 0 Å². The molecule has 13 aromatic rings. The van der Waals surface area contributed by atoms with E-state index in [1.165, 1.54) is 91.4 Å². The molecule has 0 aliphatic rings. The van der Waals surface area contributed by atoms with Gasteiger partial charge in [0.05, 0.1) is 33.4 Å². The van der Waals surface area contributed by atoms with Crippen molar-refractivity contribution in [3.63, 3.8) is 0 Å². The molecule has 3 aromatic heterocycles. The molecule has 13 rings (SSSR count). The maximum Gasteiger partial charge on any atom is 0.0562 e. The number of anilines is 3. The predicted molar refractivity (Wildman–Crippen MR) is 266 cm³/mol. The molecule has 0 spiro atoms. The molecular weight excluding hydrogens is 771 g/mol. The van der Waals surface area contributed by atoms with Crippen molar-refractivity contribution in [3.05, 3.63) is 224 Å². The number of aromatic nitrogens is 2. The molecule has 0 radical (unpaired) electrons. The number of fused-ring (bicyclic) bond motifs is 10. The number of nitrogens with zero attached hydrogens (tertiary/aromatic N) is 3. The fourth-order valence-electron chi connectivity index (χ4n) is 9.93. The molecule has 0 fully saturated rings. The molecule has 4 heteroatoms. The topological polar surface area (TPSA) is 13.1 Å². The molecular formula is C58H37N3S. The van der Waals surface area contributed by atoms with Crippen molar-refractivity contribution in [3.8, 4) is 22.5 Å². The minimum atomic E-state index is 1.11. The Morgan fingerprint density at radius 2 is 0.855 bits per heavy atom. The number of para-hydroxylation sites is 3. The second-order valence-corrected chi connectivity index (χ2v) is 17.2. The van der Waals surface area contributed by atoms with Gasteiger partial charge in [-0.1, -0.05) is 133 Å². The van der Waals surface area contributed by atoms with Crippen LogP contribution in [0.4, 0.5) is 17.1 Å². The summed E-state index contributed by atoms with van der Waals surface area (Å²) in [5, 5.41) is 10.0. The molecule has 0 amide bonds. The van der Waals surface area contributed by atoms with E-state index in [-0.39, 0.29) is 0 Å². The van der Waals surface area contributed by atoms with Gasteiger partial charge in [0.25, 0.3) is 0 Å². The summed E-state index contributed by atoms with van der Waals surface area (Å²) < 4.78 is 7.38. The Kier molecular flexibility index (Phi) is 7.78. The highest BCUT2D eigenvalue weighted by atomic mass is 32.1. The van der Waals surface area contributed by atoms with Crippen molar-refractivity contribution in [1.29, 1.82) is 0 Å². The van der Waals surface area contributed by atoms with Crippen LogP contribution in [0.2, 0.25) is 0 Å². The van der Waals surface area contributed by atoms with Crippen LogP contribution in [0.5, 0.6) is 0 Å². The molecule has 10 aromatic carbocycles. The van der Waals surface area contributed by atoms with Crippen molar-refractivity contribution in [2.75, 3.05) is 4.90 Å². The van der Waals surface area contributed by atoms with E-state index in [9.17, 15) is 0 Å². The van der Waals surface area contributed by atoms with Crippen molar-refractivity contribution >= 4 is 103 Å². The highest BCUT2D eigenvalue weighted by Crippen LogP contribution is 2.48. The quantitative estimate of drug-likeness (QED) is 0.163. The third-order valence-corrected chi connectivity index (χ3v) is 13.8. The molecule has 62 heavy (non-hydrogen) atoms. The Bertz CT molecular complexity index is 3850. The Labute approximate surface area is 362 Å². The molecule has 0 saturated heterocycles. The molecule has 0 N–H and O–H groups in total. The fraction of sp³-hybridized carbons (Fsp3) is 0. The van der Waals surface area contributed by atoms with Crippen LogP contribution >= 0.6 is 11.3 Å². The summed E-state index contributed by atoms with van der Waals surface area (Å²) in [5.41, 5.74) is 12.9. The third-order valence-electron chi connectivity index (χ3n) is 12.7. The molecule has 0 aliphatic heterocycles. The molecule has 3 nitrogen and oxygen atoms in total. The third kappa shape index (κ3) is 5.30. The first-order valence-corrected chi connectivity index (χ1v) is 22.0. The lowest BCUT2D eigenvalue weighted by Gasteiger charge is -2.27. The van der Waals surface area contributed by atoms with Crippen LogP contribution in [0.1, 0.15) is 0 Å². The monoisotopic (exact) mass is 807 g/mol. The molecule has 3 heterocycles. The number of rotatable bonds is 6. The Morgan fingerprint density at radius 3 is 1.63 bits per heavy atom. The van der Waals surface area contributed by atoms with Gasteiger partial charge in [-0.2, -0.15) is 0 Å².